The molecule has 0 aromatic heterocycles. The van der Waals surface area contributed by atoms with Crippen LogP contribution in [-0.4, -0.2) is 5.91 Å². The summed E-state index contributed by atoms with van der Waals surface area (Å²) in [5, 5.41) is 0. The third kappa shape index (κ3) is 4.42. The Hall–Kier alpha value is -4.97. The Morgan fingerprint density at radius 1 is 0.512 bits per heavy atom. The molecule has 2 nitrogen and oxygen atoms in total. The summed E-state index contributed by atoms with van der Waals surface area (Å²) < 4.78 is 56.8. The SMILES string of the molecule is Cc1ccc(N2C(=O)C(c3ccc(F)cc3)(c3ccc(F)cc3)C(c3ccc(F)cc3)=C2c2ccc(F)cc2)cc1. The molecule has 1 heterocycles. The molecule has 0 spiro atoms. The summed E-state index contributed by atoms with van der Waals surface area (Å²) in [5.41, 5.74) is 2.75. The predicted molar refractivity (Wildman–Crippen MR) is 152 cm³/mol. The highest BCUT2D eigenvalue weighted by atomic mass is 19.1. The Labute approximate surface area is 234 Å². The molecule has 1 amide bonds. The molecule has 0 N–H and O–H groups in total. The first-order valence-corrected chi connectivity index (χ1v) is 13.0. The van der Waals surface area contributed by atoms with Crippen molar-refractivity contribution in [2.24, 2.45) is 0 Å². The fourth-order valence-electron chi connectivity index (χ4n) is 5.56. The van der Waals surface area contributed by atoms with E-state index in [1.807, 2.05) is 31.2 Å². The van der Waals surface area contributed by atoms with Gasteiger partial charge in [-0.1, -0.05) is 54.1 Å². The highest BCUT2D eigenvalue weighted by Crippen LogP contribution is 2.56. The molecule has 5 aromatic rings. The number of rotatable bonds is 5. The largest absolute Gasteiger partial charge is 0.279 e. The van der Waals surface area contributed by atoms with E-state index in [9.17, 15) is 17.6 Å². The van der Waals surface area contributed by atoms with Gasteiger partial charge >= 0.3 is 0 Å². The number of anilines is 1. The summed E-state index contributed by atoms with van der Waals surface area (Å²) in [6.45, 7) is 1.93. The van der Waals surface area contributed by atoms with Crippen LogP contribution in [0, 0.1) is 30.2 Å². The van der Waals surface area contributed by atoms with Crippen LogP contribution in [0.1, 0.15) is 27.8 Å². The van der Waals surface area contributed by atoms with Gasteiger partial charge < -0.3 is 0 Å². The average molecular weight is 550 g/mol. The average Bonchev–Trinajstić information content (AvgIpc) is 3.24. The number of hydrogen-bond acceptors (Lipinski definition) is 1. The van der Waals surface area contributed by atoms with Crippen molar-refractivity contribution in [3.8, 4) is 0 Å². The van der Waals surface area contributed by atoms with E-state index in [1.54, 1.807) is 29.2 Å². The van der Waals surface area contributed by atoms with Crippen LogP contribution in [-0.2, 0) is 10.2 Å². The Morgan fingerprint density at radius 2 is 0.902 bits per heavy atom. The van der Waals surface area contributed by atoms with Crippen LogP contribution in [0.3, 0.4) is 0 Å². The van der Waals surface area contributed by atoms with Crippen molar-refractivity contribution in [1.29, 1.82) is 0 Å². The molecule has 0 aliphatic carbocycles. The normalized spacial score (nSPS) is 14.6. The van der Waals surface area contributed by atoms with Gasteiger partial charge in [0.15, 0.2) is 0 Å². The zero-order valence-corrected chi connectivity index (χ0v) is 21.9. The number of carbonyl (C=O) groups is 1. The maximum atomic E-state index is 15.1. The second kappa shape index (κ2) is 10.2. The minimum Gasteiger partial charge on any atom is -0.279 e. The molecule has 6 rings (SSSR count). The van der Waals surface area contributed by atoms with Crippen molar-refractivity contribution in [3.05, 3.63) is 172 Å². The number of aryl methyl sites for hydroxylation is 1. The molecule has 0 fully saturated rings. The van der Waals surface area contributed by atoms with E-state index in [2.05, 4.69) is 0 Å². The molecule has 0 bridgehead atoms. The summed E-state index contributed by atoms with van der Waals surface area (Å²) in [4.78, 5) is 16.7. The van der Waals surface area contributed by atoms with E-state index < -0.39 is 34.6 Å². The lowest BCUT2D eigenvalue weighted by Gasteiger charge is -2.33. The van der Waals surface area contributed by atoms with E-state index in [-0.39, 0.29) is 0 Å². The van der Waals surface area contributed by atoms with E-state index in [1.165, 1.54) is 72.8 Å². The van der Waals surface area contributed by atoms with Crippen LogP contribution in [0.4, 0.5) is 23.2 Å². The Morgan fingerprint density at radius 3 is 1.34 bits per heavy atom. The molecule has 202 valence electrons. The van der Waals surface area contributed by atoms with Crippen LogP contribution in [0.5, 0.6) is 0 Å². The van der Waals surface area contributed by atoms with Gasteiger partial charge in [-0.2, -0.15) is 0 Å². The highest BCUT2D eigenvalue weighted by molar-refractivity contribution is 6.30. The molecular weight excluding hydrogens is 526 g/mol. The van der Waals surface area contributed by atoms with Gasteiger partial charge in [-0.05, 0) is 102 Å². The molecule has 1 aliphatic rings. The second-order valence-corrected chi connectivity index (χ2v) is 9.98. The quantitative estimate of drug-likeness (QED) is 0.202. The van der Waals surface area contributed by atoms with Gasteiger partial charge in [0.05, 0.1) is 5.70 Å². The minimum absolute atomic E-state index is 0.404. The lowest BCUT2D eigenvalue weighted by Crippen LogP contribution is -2.41. The first kappa shape index (κ1) is 26.3. The summed E-state index contributed by atoms with van der Waals surface area (Å²) in [6, 6.07) is 30.0. The van der Waals surface area contributed by atoms with E-state index >= 15 is 4.79 Å². The Kier molecular flexibility index (Phi) is 6.54. The molecule has 0 radical (unpaired) electrons. The van der Waals surface area contributed by atoms with E-state index in [4.69, 9.17) is 0 Å². The first-order valence-electron chi connectivity index (χ1n) is 13.0. The van der Waals surface area contributed by atoms with Crippen LogP contribution >= 0.6 is 0 Å². The van der Waals surface area contributed by atoms with Crippen LogP contribution in [0.25, 0.3) is 11.3 Å². The topological polar surface area (TPSA) is 20.3 Å². The number of benzene rings is 5. The van der Waals surface area contributed by atoms with Gasteiger partial charge in [-0.15, -0.1) is 0 Å². The lowest BCUT2D eigenvalue weighted by atomic mass is 9.67. The zero-order valence-electron chi connectivity index (χ0n) is 21.9. The molecule has 1 aliphatic heterocycles. The number of nitrogens with zero attached hydrogens (tertiary/aromatic N) is 1. The monoisotopic (exact) mass is 549 g/mol. The standard InChI is InChI=1S/C35H23F4NO/c1-22-2-20-31(21-3-22)40-33(24-6-14-28(37)15-7-24)32(23-4-12-27(36)13-5-23)35(34(40)41,25-8-16-29(38)17-9-25)26-10-18-30(39)19-11-26/h2-21H,1H3. The highest BCUT2D eigenvalue weighted by Gasteiger charge is 2.56. The van der Waals surface area contributed by atoms with Crippen molar-refractivity contribution in [3.63, 3.8) is 0 Å². The maximum absolute atomic E-state index is 15.1. The van der Waals surface area contributed by atoms with Crippen molar-refractivity contribution < 1.29 is 22.4 Å². The van der Waals surface area contributed by atoms with Crippen molar-refractivity contribution >= 4 is 22.9 Å². The summed E-state index contributed by atoms with van der Waals surface area (Å²) in [6.07, 6.45) is 0. The smallest absolute Gasteiger partial charge is 0.251 e. The third-order valence-corrected chi connectivity index (χ3v) is 7.46. The van der Waals surface area contributed by atoms with E-state index in [0.29, 0.717) is 39.2 Å². The molecular formula is C35H23F4NO. The summed E-state index contributed by atoms with van der Waals surface area (Å²) >= 11 is 0. The number of amides is 1. The second-order valence-electron chi connectivity index (χ2n) is 9.98. The molecule has 0 unspecified atom stereocenters. The lowest BCUT2D eigenvalue weighted by molar-refractivity contribution is -0.119. The number of halogens is 4. The molecule has 0 saturated carbocycles. The van der Waals surface area contributed by atoms with Crippen LogP contribution in [0.2, 0.25) is 0 Å². The van der Waals surface area contributed by atoms with Crippen molar-refractivity contribution in [2.75, 3.05) is 4.90 Å². The van der Waals surface area contributed by atoms with E-state index in [0.717, 1.165) is 5.56 Å². The first-order chi connectivity index (χ1) is 19.8. The summed E-state index contributed by atoms with van der Waals surface area (Å²) in [7, 11) is 0. The van der Waals surface area contributed by atoms with Gasteiger partial charge in [-0.3, -0.25) is 9.69 Å². The molecule has 0 saturated heterocycles. The molecule has 6 heteroatoms. The van der Waals surface area contributed by atoms with Gasteiger partial charge in [0.1, 0.15) is 28.7 Å². The summed E-state index contributed by atoms with van der Waals surface area (Å²) in [5.74, 6) is -2.30. The molecule has 5 aromatic carbocycles. The van der Waals surface area contributed by atoms with Gasteiger partial charge in [0.25, 0.3) is 5.91 Å². The van der Waals surface area contributed by atoms with Gasteiger partial charge in [0.2, 0.25) is 0 Å². The fraction of sp³-hybridized carbons (Fsp3) is 0.0571. The molecule has 0 atom stereocenters. The Bertz CT molecular complexity index is 1710. The van der Waals surface area contributed by atoms with Crippen LogP contribution < -0.4 is 4.90 Å². The fourth-order valence-corrected chi connectivity index (χ4v) is 5.56. The van der Waals surface area contributed by atoms with Gasteiger partial charge in [0, 0.05) is 11.3 Å². The number of carbonyl (C=O) groups excluding carboxylic acids is 1. The van der Waals surface area contributed by atoms with Crippen molar-refractivity contribution in [2.45, 2.75) is 12.3 Å². The van der Waals surface area contributed by atoms with Crippen LogP contribution in [0.15, 0.2) is 121 Å². The van der Waals surface area contributed by atoms with Crippen molar-refractivity contribution in [1.82, 2.24) is 0 Å². The van der Waals surface area contributed by atoms with Gasteiger partial charge in [-0.25, -0.2) is 17.6 Å². The minimum atomic E-state index is -1.60. The zero-order chi connectivity index (χ0) is 28.7. The molecule has 41 heavy (non-hydrogen) atoms. The third-order valence-electron chi connectivity index (χ3n) is 7.46. The predicted octanol–water partition coefficient (Wildman–Crippen LogP) is 8.45. The number of hydrogen-bond donors (Lipinski definition) is 0. The maximum Gasteiger partial charge on any atom is 0.251 e. The Balaban J connectivity index is 1.80.